The number of pyridine rings is 1. The van der Waals surface area contributed by atoms with Gasteiger partial charge in [0.05, 0.1) is 6.20 Å². The van der Waals surface area contributed by atoms with Crippen LogP contribution in [0.1, 0.15) is 25.7 Å². The number of aromatic nitrogens is 2. The normalized spacial score (nSPS) is 21.9. The van der Waals surface area contributed by atoms with E-state index in [-0.39, 0.29) is 0 Å². The van der Waals surface area contributed by atoms with Gasteiger partial charge in [0.1, 0.15) is 11.5 Å². The highest BCUT2D eigenvalue weighted by molar-refractivity contribution is 5.50. The van der Waals surface area contributed by atoms with E-state index in [2.05, 4.69) is 38.7 Å². The van der Waals surface area contributed by atoms with Crippen molar-refractivity contribution >= 4 is 11.5 Å². The van der Waals surface area contributed by atoms with E-state index in [4.69, 9.17) is 4.98 Å². The number of fused-ring (bicyclic) bond motifs is 1. The molecule has 0 N–H and O–H groups in total. The van der Waals surface area contributed by atoms with Crippen LogP contribution in [0.5, 0.6) is 0 Å². The van der Waals surface area contributed by atoms with Crippen LogP contribution in [0.2, 0.25) is 0 Å². The second-order valence-electron chi connectivity index (χ2n) is 6.03. The Morgan fingerprint density at radius 3 is 2.55 bits per heavy atom. The molecule has 0 bridgehead atoms. The number of imidazole rings is 1. The van der Waals surface area contributed by atoms with Crippen molar-refractivity contribution < 1.29 is 0 Å². The molecule has 2 fully saturated rings. The molecule has 0 atom stereocenters. The minimum atomic E-state index is 0.859. The molecule has 4 heteroatoms. The highest BCUT2D eigenvalue weighted by atomic mass is 15.3. The van der Waals surface area contributed by atoms with Gasteiger partial charge in [-0.05, 0) is 25.0 Å². The molecule has 4 nitrogen and oxygen atoms in total. The predicted molar refractivity (Wildman–Crippen MR) is 81.2 cm³/mol. The van der Waals surface area contributed by atoms with E-state index >= 15 is 0 Å². The number of hydrogen-bond donors (Lipinski definition) is 0. The fourth-order valence-electron chi connectivity index (χ4n) is 3.66. The maximum atomic E-state index is 4.73. The third-order valence-electron chi connectivity index (χ3n) is 4.83. The van der Waals surface area contributed by atoms with E-state index < -0.39 is 0 Å². The molecule has 1 aliphatic carbocycles. The van der Waals surface area contributed by atoms with Crippen molar-refractivity contribution in [3.05, 3.63) is 30.6 Å². The lowest BCUT2D eigenvalue weighted by atomic mass is 10.2. The summed E-state index contributed by atoms with van der Waals surface area (Å²) in [6, 6.07) is 7.03. The minimum Gasteiger partial charge on any atom is -0.353 e. The fraction of sp³-hybridized carbons (Fsp3) is 0.562. The summed E-state index contributed by atoms with van der Waals surface area (Å²) in [6.45, 7) is 4.61. The average Bonchev–Trinajstić information content (AvgIpc) is 3.17. The van der Waals surface area contributed by atoms with E-state index in [1.807, 2.05) is 6.07 Å². The standard InChI is InChI=1S/C16H22N4/c1-2-6-14(5-1)18-9-11-19(12-10-18)16-13-20-8-4-3-7-15(20)17-16/h3-4,7-8,13-14H,1-2,5-6,9-12H2. The molecule has 1 aliphatic heterocycles. The molecule has 106 valence electrons. The Morgan fingerprint density at radius 1 is 1.00 bits per heavy atom. The fourth-order valence-corrected chi connectivity index (χ4v) is 3.66. The van der Waals surface area contributed by atoms with Crippen LogP contribution in [0.25, 0.3) is 5.65 Å². The minimum absolute atomic E-state index is 0.859. The summed E-state index contributed by atoms with van der Waals surface area (Å²) in [5.41, 5.74) is 1.04. The molecule has 1 saturated carbocycles. The van der Waals surface area contributed by atoms with Gasteiger partial charge in [-0.1, -0.05) is 18.9 Å². The van der Waals surface area contributed by atoms with Gasteiger partial charge in [-0.25, -0.2) is 4.98 Å². The molecule has 0 aromatic carbocycles. The van der Waals surface area contributed by atoms with Crippen LogP contribution in [0.4, 0.5) is 5.82 Å². The van der Waals surface area contributed by atoms with Gasteiger partial charge >= 0.3 is 0 Å². The Balaban J connectivity index is 1.45. The third-order valence-corrected chi connectivity index (χ3v) is 4.83. The van der Waals surface area contributed by atoms with E-state index in [0.29, 0.717) is 0 Å². The molecular weight excluding hydrogens is 248 g/mol. The molecule has 2 aromatic rings. The van der Waals surface area contributed by atoms with Crippen molar-refractivity contribution in [1.29, 1.82) is 0 Å². The number of rotatable bonds is 2. The summed E-state index contributed by atoms with van der Waals surface area (Å²) in [7, 11) is 0. The third kappa shape index (κ3) is 2.18. The Bertz CT molecular complexity index is 544. The van der Waals surface area contributed by atoms with Crippen molar-refractivity contribution in [3.8, 4) is 0 Å². The zero-order valence-corrected chi connectivity index (χ0v) is 11.9. The van der Waals surface area contributed by atoms with E-state index in [1.54, 1.807) is 0 Å². The summed E-state index contributed by atoms with van der Waals surface area (Å²) < 4.78 is 2.11. The Kier molecular flexibility index (Phi) is 3.11. The van der Waals surface area contributed by atoms with Crippen LogP contribution >= 0.6 is 0 Å². The molecule has 0 radical (unpaired) electrons. The van der Waals surface area contributed by atoms with E-state index in [9.17, 15) is 0 Å². The van der Waals surface area contributed by atoms with Crippen LogP contribution in [0.15, 0.2) is 30.6 Å². The number of anilines is 1. The molecule has 2 aliphatic rings. The SMILES string of the molecule is c1ccn2cc(N3CCN(C4CCCC4)CC3)nc2c1. The lowest BCUT2D eigenvalue weighted by molar-refractivity contribution is 0.187. The van der Waals surface area contributed by atoms with Gasteiger partial charge in [0, 0.05) is 38.4 Å². The average molecular weight is 270 g/mol. The van der Waals surface area contributed by atoms with Gasteiger partial charge in [-0.3, -0.25) is 4.90 Å². The molecular formula is C16H22N4. The maximum Gasteiger partial charge on any atom is 0.147 e. The zero-order chi connectivity index (χ0) is 13.4. The molecule has 0 unspecified atom stereocenters. The zero-order valence-electron chi connectivity index (χ0n) is 11.9. The van der Waals surface area contributed by atoms with Crippen molar-refractivity contribution in [1.82, 2.24) is 14.3 Å². The highest BCUT2D eigenvalue weighted by Gasteiger charge is 2.26. The molecule has 20 heavy (non-hydrogen) atoms. The summed E-state index contributed by atoms with van der Waals surface area (Å²) in [5, 5.41) is 0. The second-order valence-corrected chi connectivity index (χ2v) is 6.03. The summed E-state index contributed by atoms with van der Waals surface area (Å²) in [4.78, 5) is 9.85. The van der Waals surface area contributed by atoms with Crippen molar-refractivity contribution in [2.75, 3.05) is 31.1 Å². The van der Waals surface area contributed by atoms with Crippen LogP contribution in [-0.2, 0) is 0 Å². The van der Waals surface area contributed by atoms with Crippen LogP contribution in [0, 0.1) is 0 Å². The summed E-state index contributed by atoms with van der Waals surface area (Å²) in [5.74, 6) is 1.13. The van der Waals surface area contributed by atoms with Gasteiger partial charge in [0.25, 0.3) is 0 Å². The first-order chi connectivity index (χ1) is 9.90. The van der Waals surface area contributed by atoms with Crippen molar-refractivity contribution in [2.24, 2.45) is 0 Å². The Hall–Kier alpha value is -1.55. The lowest BCUT2D eigenvalue weighted by Crippen LogP contribution is -2.49. The van der Waals surface area contributed by atoms with Gasteiger partial charge in [0.15, 0.2) is 0 Å². The van der Waals surface area contributed by atoms with Crippen molar-refractivity contribution in [2.45, 2.75) is 31.7 Å². The molecule has 4 rings (SSSR count). The summed E-state index contributed by atoms with van der Waals surface area (Å²) in [6.07, 6.45) is 9.90. The molecule has 2 aromatic heterocycles. The largest absolute Gasteiger partial charge is 0.353 e. The van der Waals surface area contributed by atoms with Crippen LogP contribution in [0.3, 0.4) is 0 Å². The second kappa shape index (κ2) is 5.09. The van der Waals surface area contributed by atoms with E-state index in [0.717, 1.165) is 30.6 Å². The number of nitrogens with zero attached hydrogens (tertiary/aromatic N) is 4. The molecule has 0 amide bonds. The molecule has 1 saturated heterocycles. The van der Waals surface area contributed by atoms with Crippen LogP contribution in [-0.4, -0.2) is 46.5 Å². The topological polar surface area (TPSA) is 23.8 Å². The number of hydrogen-bond acceptors (Lipinski definition) is 3. The van der Waals surface area contributed by atoms with Gasteiger partial charge in [-0.2, -0.15) is 0 Å². The van der Waals surface area contributed by atoms with E-state index in [1.165, 1.54) is 38.8 Å². The molecule has 0 spiro atoms. The molecule has 3 heterocycles. The van der Waals surface area contributed by atoms with Crippen LogP contribution < -0.4 is 4.90 Å². The first kappa shape index (κ1) is 12.2. The smallest absolute Gasteiger partial charge is 0.147 e. The van der Waals surface area contributed by atoms with Crippen molar-refractivity contribution in [3.63, 3.8) is 0 Å². The summed E-state index contributed by atoms with van der Waals surface area (Å²) >= 11 is 0. The van der Waals surface area contributed by atoms with Gasteiger partial charge < -0.3 is 9.30 Å². The highest BCUT2D eigenvalue weighted by Crippen LogP contribution is 2.25. The Morgan fingerprint density at radius 2 is 1.80 bits per heavy atom. The van der Waals surface area contributed by atoms with Gasteiger partial charge in [-0.15, -0.1) is 0 Å². The first-order valence-electron chi connectivity index (χ1n) is 7.83. The monoisotopic (exact) mass is 270 g/mol. The van der Waals surface area contributed by atoms with Gasteiger partial charge in [0.2, 0.25) is 0 Å². The number of piperazine rings is 1. The maximum absolute atomic E-state index is 4.73. The first-order valence-corrected chi connectivity index (χ1v) is 7.83. The lowest BCUT2D eigenvalue weighted by Gasteiger charge is -2.38. The Labute approximate surface area is 120 Å². The quantitative estimate of drug-likeness (QED) is 0.837. The predicted octanol–water partition coefficient (Wildman–Crippen LogP) is 2.40.